The molecule has 0 fully saturated rings. The Labute approximate surface area is 127 Å². The number of anilines is 1. The fourth-order valence-corrected chi connectivity index (χ4v) is 2.09. The number of rotatable bonds is 2. The second-order valence-electron chi connectivity index (χ2n) is 3.59. The third-order valence-corrected chi connectivity index (χ3v) is 3.17. The van der Waals surface area contributed by atoms with Gasteiger partial charge in [-0.05, 0) is 41.1 Å². The molecule has 8 heteroatoms. The zero-order valence-corrected chi connectivity index (χ0v) is 12.7. The van der Waals surface area contributed by atoms with Crippen LogP contribution in [0.1, 0.15) is 16.1 Å². The average Bonchev–Trinajstić information content (AvgIpc) is 2.35. The molecule has 2 rings (SSSR count). The molecule has 0 aliphatic rings. The predicted octanol–water partition coefficient (Wildman–Crippen LogP) is 3.50. The van der Waals surface area contributed by atoms with E-state index in [9.17, 15) is 4.79 Å². The minimum atomic E-state index is -0.422. The number of aryl methyl sites for hydroxylation is 1. The lowest BCUT2D eigenvalue weighted by molar-refractivity contribution is 0.102. The van der Waals surface area contributed by atoms with Gasteiger partial charge in [0.05, 0.1) is 16.9 Å². The van der Waals surface area contributed by atoms with Gasteiger partial charge < -0.3 is 5.32 Å². The van der Waals surface area contributed by atoms with Crippen molar-refractivity contribution in [3.05, 3.63) is 44.4 Å². The minimum absolute atomic E-state index is 0.00961. The predicted molar refractivity (Wildman–Crippen MR) is 76.7 cm³/mol. The number of amides is 1. The van der Waals surface area contributed by atoms with Crippen LogP contribution in [0.15, 0.2) is 22.8 Å². The van der Waals surface area contributed by atoms with Gasteiger partial charge in [-0.2, -0.15) is 0 Å². The lowest BCUT2D eigenvalue weighted by Crippen LogP contribution is -2.14. The summed E-state index contributed by atoms with van der Waals surface area (Å²) in [6.45, 7) is 1.78. The van der Waals surface area contributed by atoms with Crippen LogP contribution >= 0.6 is 39.1 Å². The van der Waals surface area contributed by atoms with Crippen molar-refractivity contribution in [2.75, 3.05) is 5.32 Å². The highest BCUT2D eigenvalue weighted by atomic mass is 79.9. The first-order valence-electron chi connectivity index (χ1n) is 5.10. The fraction of sp³-hybridized carbons (Fsp3) is 0.0909. The molecular weight excluding hydrogens is 355 g/mol. The van der Waals surface area contributed by atoms with Crippen molar-refractivity contribution in [3.8, 4) is 0 Å². The van der Waals surface area contributed by atoms with E-state index in [2.05, 4.69) is 36.4 Å². The SMILES string of the molecule is Cc1nc(Br)ccc1NC(=O)c1cc(Cl)nnc1Cl. The summed E-state index contributed by atoms with van der Waals surface area (Å²) in [4.78, 5) is 16.2. The second kappa shape index (κ2) is 5.81. The van der Waals surface area contributed by atoms with Crippen molar-refractivity contribution < 1.29 is 4.79 Å². The molecule has 0 atom stereocenters. The summed E-state index contributed by atoms with van der Waals surface area (Å²) in [5.74, 6) is -0.422. The van der Waals surface area contributed by atoms with E-state index in [1.165, 1.54) is 6.07 Å². The van der Waals surface area contributed by atoms with Gasteiger partial charge in [0.25, 0.3) is 5.91 Å². The first-order chi connectivity index (χ1) is 8.97. The number of pyridine rings is 1. The van der Waals surface area contributed by atoms with Gasteiger partial charge in [-0.15, -0.1) is 10.2 Å². The third-order valence-electron chi connectivity index (χ3n) is 2.26. The van der Waals surface area contributed by atoms with Gasteiger partial charge >= 0.3 is 0 Å². The Kier molecular flexibility index (Phi) is 4.34. The van der Waals surface area contributed by atoms with Crippen LogP contribution in [-0.4, -0.2) is 21.1 Å². The summed E-state index contributed by atoms with van der Waals surface area (Å²) in [7, 11) is 0. The van der Waals surface area contributed by atoms with Crippen LogP contribution in [0.25, 0.3) is 0 Å². The smallest absolute Gasteiger partial charge is 0.259 e. The highest BCUT2D eigenvalue weighted by molar-refractivity contribution is 9.10. The molecule has 0 aromatic carbocycles. The topological polar surface area (TPSA) is 67.8 Å². The van der Waals surface area contributed by atoms with Gasteiger partial charge in [-0.3, -0.25) is 4.79 Å². The van der Waals surface area contributed by atoms with Gasteiger partial charge in [0, 0.05) is 0 Å². The Hall–Kier alpha value is -1.24. The largest absolute Gasteiger partial charge is 0.320 e. The standard InChI is InChI=1S/C11H7BrCl2N4O/c1-5-7(2-3-8(12)15-5)16-11(19)6-4-9(13)17-18-10(6)14/h2-4H,1H3,(H,16,19). The zero-order chi connectivity index (χ0) is 14.0. The summed E-state index contributed by atoms with van der Waals surface area (Å²) in [6, 6.07) is 4.81. The third kappa shape index (κ3) is 3.40. The molecule has 5 nitrogen and oxygen atoms in total. The molecule has 0 aliphatic carbocycles. The minimum Gasteiger partial charge on any atom is -0.320 e. The molecule has 98 valence electrons. The number of hydrogen-bond acceptors (Lipinski definition) is 4. The molecule has 0 bridgehead atoms. The van der Waals surface area contributed by atoms with Crippen molar-refractivity contribution in [1.29, 1.82) is 0 Å². The Bertz CT molecular complexity index is 651. The first-order valence-corrected chi connectivity index (χ1v) is 6.65. The van der Waals surface area contributed by atoms with Crippen LogP contribution in [0.3, 0.4) is 0 Å². The summed E-state index contributed by atoms with van der Waals surface area (Å²) in [6.07, 6.45) is 0. The molecule has 0 radical (unpaired) electrons. The molecule has 0 unspecified atom stereocenters. The van der Waals surface area contributed by atoms with E-state index >= 15 is 0 Å². The maximum Gasteiger partial charge on any atom is 0.259 e. The molecule has 1 N–H and O–H groups in total. The monoisotopic (exact) mass is 360 g/mol. The Morgan fingerprint density at radius 2 is 2.05 bits per heavy atom. The molecule has 2 heterocycles. The lowest BCUT2D eigenvalue weighted by atomic mass is 10.2. The molecular formula is C11H7BrCl2N4O. The fourth-order valence-electron chi connectivity index (χ4n) is 1.36. The summed E-state index contributed by atoms with van der Waals surface area (Å²) in [5, 5.41) is 9.90. The summed E-state index contributed by atoms with van der Waals surface area (Å²) in [5.41, 5.74) is 1.41. The molecule has 1 amide bonds. The second-order valence-corrected chi connectivity index (χ2v) is 5.15. The highest BCUT2D eigenvalue weighted by Crippen LogP contribution is 2.20. The number of carbonyl (C=O) groups is 1. The maximum atomic E-state index is 12.1. The average molecular weight is 362 g/mol. The molecule has 0 aliphatic heterocycles. The number of aromatic nitrogens is 3. The number of nitrogens with zero attached hydrogens (tertiary/aromatic N) is 3. The molecule has 19 heavy (non-hydrogen) atoms. The van der Waals surface area contributed by atoms with E-state index in [0.717, 1.165) is 0 Å². The van der Waals surface area contributed by atoms with E-state index in [1.54, 1.807) is 19.1 Å². The van der Waals surface area contributed by atoms with E-state index < -0.39 is 5.91 Å². The van der Waals surface area contributed by atoms with Crippen molar-refractivity contribution in [3.63, 3.8) is 0 Å². The van der Waals surface area contributed by atoms with Crippen molar-refractivity contribution in [2.45, 2.75) is 6.92 Å². The number of carbonyl (C=O) groups excluding carboxylic acids is 1. The Balaban J connectivity index is 2.28. The number of hydrogen-bond donors (Lipinski definition) is 1. The Morgan fingerprint density at radius 1 is 1.32 bits per heavy atom. The maximum absolute atomic E-state index is 12.1. The quantitative estimate of drug-likeness (QED) is 0.831. The van der Waals surface area contributed by atoms with Gasteiger partial charge in [0.2, 0.25) is 0 Å². The van der Waals surface area contributed by atoms with E-state index in [0.29, 0.717) is 16.0 Å². The van der Waals surface area contributed by atoms with Crippen LogP contribution in [0, 0.1) is 6.92 Å². The van der Waals surface area contributed by atoms with Crippen LogP contribution < -0.4 is 5.32 Å². The van der Waals surface area contributed by atoms with Gasteiger partial charge in [-0.25, -0.2) is 4.98 Å². The zero-order valence-electron chi connectivity index (χ0n) is 9.62. The summed E-state index contributed by atoms with van der Waals surface area (Å²) >= 11 is 14.7. The Morgan fingerprint density at radius 3 is 2.74 bits per heavy atom. The van der Waals surface area contributed by atoms with E-state index in [-0.39, 0.29) is 15.9 Å². The van der Waals surface area contributed by atoms with Crippen LogP contribution in [-0.2, 0) is 0 Å². The van der Waals surface area contributed by atoms with Crippen LogP contribution in [0.4, 0.5) is 5.69 Å². The van der Waals surface area contributed by atoms with Gasteiger partial charge in [0.1, 0.15) is 4.60 Å². The highest BCUT2D eigenvalue weighted by Gasteiger charge is 2.14. The number of halogens is 3. The van der Waals surface area contributed by atoms with Gasteiger partial charge in [0.15, 0.2) is 10.3 Å². The van der Waals surface area contributed by atoms with Crippen LogP contribution in [0.2, 0.25) is 10.3 Å². The molecule has 0 saturated carbocycles. The lowest BCUT2D eigenvalue weighted by Gasteiger charge is -2.08. The number of nitrogens with one attached hydrogen (secondary N) is 1. The van der Waals surface area contributed by atoms with Crippen molar-refractivity contribution in [1.82, 2.24) is 15.2 Å². The van der Waals surface area contributed by atoms with E-state index in [1.807, 2.05) is 0 Å². The summed E-state index contributed by atoms with van der Waals surface area (Å²) < 4.78 is 0.689. The molecule has 2 aromatic heterocycles. The normalized spacial score (nSPS) is 10.3. The first kappa shape index (κ1) is 14.2. The van der Waals surface area contributed by atoms with Gasteiger partial charge in [-0.1, -0.05) is 23.2 Å². The van der Waals surface area contributed by atoms with Crippen molar-refractivity contribution in [2.24, 2.45) is 0 Å². The molecule has 2 aromatic rings. The van der Waals surface area contributed by atoms with E-state index in [4.69, 9.17) is 23.2 Å². The van der Waals surface area contributed by atoms with Crippen molar-refractivity contribution >= 4 is 50.7 Å². The van der Waals surface area contributed by atoms with Crippen LogP contribution in [0.5, 0.6) is 0 Å². The molecule has 0 spiro atoms. The molecule has 0 saturated heterocycles.